The first-order chi connectivity index (χ1) is 17.3. The molecule has 0 spiro atoms. The van der Waals surface area contributed by atoms with Crippen molar-refractivity contribution in [3.8, 4) is 5.75 Å². The van der Waals surface area contributed by atoms with Crippen LogP contribution < -0.4 is 15.5 Å². The first-order valence-electron chi connectivity index (χ1n) is 13.6. The number of anilines is 2. The van der Waals surface area contributed by atoms with E-state index in [2.05, 4.69) is 70.4 Å². The Bertz CT molecular complexity index is 1230. The van der Waals surface area contributed by atoms with E-state index in [9.17, 15) is 5.11 Å². The summed E-state index contributed by atoms with van der Waals surface area (Å²) >= 11 is 0. The van der Waals surface area contributed by atoms with Crippen LogP contribution >= 0.6 is 0 Å². The highest BCUT2D eigenvalue weighted by Crippen LogP contribution is 2.38. The number of phenolic OH excluding ortho intramolecular Hbond substituents is 1. The number of aromatic hydroxyl groups is 1. The summed E-state index contributed by atoms with van der Waals surface area (Å²) < 4.78 is 0. The Balaban J connectivity index is 1.40. The Morgan fingerprint density at radius 3 is 2.16 bits per heavy atom. The van der Waals surface area contributed by atoms with Crippen LogP contribution in [0, 0.1) is 0 Å². The molecule has 6 heteroatoms. The topological polar surface area (TPSA) is 73.3 Å². The van der Waals surface area contributed by atoms with Crippen LogP contribution in [0.2, 0.25) is 0 Å². The second-order valence-corrected chi connectivity index (χ2v) is 12.9. The zero-order chi connectivity index (χ0) is 27.0. The lowest BCUT2D eigenvalue weighted by Crippen LogP contribution is -2.37. The Hall–Kier alpha value is -2.86. The molecule has 0 bridgehead atoms. The van der Waals surface area contributed by atoms with Gasteiger partial charge < -0.3 is 20.6 Å². The number of rotatable bonds is 6. The van der Waals surface area contributed by atoms with Crippen LogP contribution in [0.3, 0.4) is 0 Å². The molecule has 1 aliphatic carbocycles. The summed E-state index contributed by atoms with van der Waals surface area (Å²) in [6, 6.07) is 13.3. The van der Waals surface area contributed by atoms with Gasteiger partial charge in [0.1, 0.15) is 11.6 Å². The zero-order valence-corrected chi connectivity index (χ0v) is 23.9. The van der Waals surface area contributed by atoms with Gasteiger partial charge in [0.25, 0.3) is 0 Å². The lowest BCUT2D eigenvalue weighted by atomic mass is 9.79. The summed E-state index contributed by atoms with van der Waals surface area (Å²) in [5.74, 6) is 2.08. The Labute approximate surface area is 222 Å². The minimum atomic E-state index is -0.110. The molecule has 0 amide bonds. The predicted octanol–water partition coefficient (Wildman–Crippen LogP) is 6.51. The smallest absolute Gasteiger partial charge is 0.225 e. The second kappa shape index (κ2) is 10.5. The summed E-state index contributed by atoms with van der Waals surface area (Å²) in [6.07, 6.45) is 4.29. The van der Waals surface area contributed by atoms with Crippen LogP contribution in [0.5, 0.6) is 5.75 Å². The molecule has 3 N–H and O–H groups in total. The largest absolute Gasteiger partial charge is 0.507 e. The van der Waals surface area contributed by atoms with Crippen LogP contribution in [0.4, 0.5) is 11.8 Å². The highest BCUT2D eigenvalue weighted by atomic mass is 16.3. The van der Waals surface area contributed by atoms with Gasteiger partial charge in [0.2, 0.25) is 5.95 Å². The standard InChI is InChI=1S/C31H45N5O/c1-30(2,3)21-17-20(27(37)25(18-21)31(4,5)6)19-32-22-13-15-23(16-14-22)33-29-34-26-12-10-9-11-24(26)28(35-29)36(7)8/h9-12,17-18,22-23,32,37H,13-16,19H2,1-8H3,(H,33,34,35)/t22-,23+. The van der Waals surface area contributed by atoms with Crippen molar-refractivity contribution in [3.05, 3.63) is 53.1 Å². The average molecular weight is 504 g/mol. The van der Waals surface area contributed by atoms with Crippen LogP contribution in [0.1, 0.15) is 83.9 Å². The number of phenols is 1. The minimum absolute atomic E-state index is 0.0312. The second-order valence-electron chi connectivity index (χ2n) is 12.9. The first kappa shape index (κ1) is 27.2. The summed E-state index contributed by atoms with van der Waals surface area (Å²) in [6.45, 7) is 13.9. The van der Waals surface area contributed by atoms with Gasteiger partial charge in [0.15, 0.2) is 0 Å². The maximum Gasteiger partial charge on any atom is 0.225 e. The molecule has 0 radical (unpaired) electrons. The summed E-state index contributed by atoms with van der Waals surface area (Å²) in [4.78, 5) is 11.6. The summed E-state index contributed by atoms with van der Waals surface area (Å²) in [7, 11) is 4.05. The molecule has 0 unspecified atom stereocenters. The van der Waals surface area contributed by atoms with Crippen LogP contribution in [0.25, 0.3) is 10.9 Å². The average Bonchev–Trinajstić information content (AvgIpc) is 2.82. The number of nitrogens with one attached hydrogen (secondary N) is 2. The van der Waals surface area contributed by atoms with Crippen molar-refractivity contribution in [2.45, 2.75) is 96.7 Å². The van der Waals surface area contributed by atoms with Crippen molar-refractivity contribution in [2.24, 2.45) is 0 Å². The van der Waals surface area contributed by atoms with Gasteiger partial charge in [-0.05, 0) is 59.8 Å². The molecular weight excluding hydrogens is 458 g/mol. The number of fused-ring (bicyclic) bond motifs is 1. The number of benzene rings is 2. The zero-order valence-electron chi connectivity index (χ0n) is 23.9. The number of para-hydroxylation sites is 1. The lowest BCUT2D eigenvalue weighted by molar-refractivity contribution is 0.349. The summed E-state index contributed by atoms with van der Waals surface area (Å²) in [5.41, 5.74) is 4.18. The molecule has 200 valence electrons. The highest BCUT2D eigenvalue weighted by molar-refractivity contribution is 5.90. The van der Waals surface area contributed by atoms with Crippen LogP contribution in [-0.4, -0.2) is 41.3 Å². The molecule has 1 saturated carbocycles. The molecule has 0 atom stereocenters. The van der Waals surface area contributed by atoms with Gasteiger partial charge >= 0.3 is 0 Å². The van der Waals surface area contributed by atoms with Gasteiger partial charge in [0, 0.05) is 43.7 Å². The minimum Gasteiger partial charge on any atom is -0.507 e. The van der Waals surface area contributed by atoms with E-state index in [-0.39, 0.29) is 10.8 Å². The fourth-order valence-corrected chi connectivity index (χ4v) is 5.18. The molecule has 37 heavy (non-hydrogen) atoms. The number of aromatic nitrogens is 2. The van der Waals surface area contributed by atoms with Gasteiger partial charge in [-0.3, -0.25) is 0 Å². The number of hydrogen-bond acceptors (Lipinski definition) is 6. The normalized spacial score (nSPS) is 18.7. The van der Waals surface area contributed by atoms with E-state index < -0.39 is 0 Å². The predicted molar refractivity (Wildman–Crippen MR) is 156 cm³/mol. The molecule has 1 fully saturated rings. The van der Waals surface area contributed by atoms with Crippen molar-refractivity contribution in [1.29, 1.82) is 0 Å². The number of hydrogen-bond donors (Lipinski definition) is 3. The van der Waals surface area contributed by atoms with Crippen molar-refractivity contribution < 1.29 is 5.11 Å². The van der Waals surface area contributed by atoms with Gasteiger partial charge in [-0.15, -0.1) is 0 Å². The Morgan fingerprint density at radius 1 is 0.892 bits per heavy atom. The third-order valence-electron chi connectivity index (χ3n) is 7.51. The maximum absolute atomic E-state index is 11.1. The van der Waals surface area contributed by atoms with E-state index in [1.54, 1.807) is 0 Å². The van der Waals surface area contributed by atoms with E-state index in [0.29, 0.717) is 30.3 Å². The fraction of sp³-hybridized carbons (Fsp3) is 0.548. The van der Waals surface area contributed by atoms with E-state index >= 15 is 0 Å². The molecule has 0 aliphatic heterocycles. The Kier molecular flexibility index (Phi) is 7.70. The molecule has 0 saturated heterocycles. The van der Waals surface area contributed by atoms with E-state index in [1.807, 2.05) is 37.2 Å². The first-order valence-corrected chi connectivity index (χ1v) is 13.6. The van der Waals surface area contributed by atoms with Crippen molar-refractivity contribution in [3.63, 3.8) is 0 Å². The van der Waals surface area contributed by atoms with Crippen LogP contribution in [-0.2, 0) is 17.4 Å². The molecule has 1 aromatic heterocycles. The molecule has 1 aliphatic rings. The monoisotopic (exact) mass is 503 g/mol. The van der Waals surface area contributed by atoms with Crippen molar-refractivity contribution in [2.75, 3.05) is 24.3 Å². The third kappa shape index (κ3) is 6.35. The van der Waals surface area contributed by atoms with Crippen molar-refractivity contribution >= 4 is 22.7 Å². The fourth-order valence-electron chi connectivity index (χ4n) is 5.18. The van der Waals surface area contributed by atoms with E-state index in [1.165, 1.54) is 5.56 Å². The van der Waals surface area contributed by atoms with Gasteiger partial charge in [-0.2, -0.15) is 4.98 Å². The molecule has 1 heterocycles. The summed E-state index contributed by atoms with van der Waals surface area (Å²) in [5, 5.41) is 19.5. The van der Waals surface area contributed by atoms with E-state index in [0.717, 1.165) is 53.5 Å². The molecule has 3 aromatic rings. The maximum atomic E-state index is 11.1. The highest BCUT2D eigenvalue weighted by Gasteiger charge is 2.26. The lowest BCUT2D eigenvalue weighted by Gasteiger charge is -2.31. The molecule has 2 aromatic carbocycles. The van der Waals surface area contributed by atoms with Crippen molar-refractivity contribution in [1.82, 2.24) is 15.3 Å². The number of nitrogens with zero attached hydrogens (tertiary/aromatic N) is 3. The molecule has 6 nitrogen and oxygen atoms in total. The third-order valence-corrected chi connectivity index (χ3v) is 7.51. The SMILES string of the molecule is CN(C)c1nc(N[C@H]2CC[C@@H](NCc3cc(C(C)(C)C)cc(C(C)(C)C)c3O)CC2)nc2ccccc12. The Morgan fingerprint density at radius 2 is 1.54 bits per heavy atom. The quantitative estimate of drug-likeness (QED) is 0.356. The van der Waals surface area contributed by atoms with Gasteiger partial charge in [-0.25, -0.2) is 4.98 Å². The molecule has 4 rings (SSSR count). The van der Waals surface area contributed by atoms with Crippen LogP contribution in [0.15, 0.2) is 36.4 Å². The van der Waals surface area contributed by atoms with Gasteiger partial charge in [-0.1, -0.05) is 65.8 Å². The van der Waals surface area contributed by atoms with E-state index in [4.69, 9.17) is 9.97 Å². The molecular formula is C31H45N5O. The van der Waals surface area contributed by atoms with Gasteiger partial charge in [0.05, 0.1) is 5.52 Å².